The Bertz CT molecular complexity index is 1520. The van der Waals surface area contributed by atoms with Gasteiger partial charge in [0.25, 0.3) is 0 Å². The Balaban J connectivity index is 1.50. The molecule has 1 aliphatic carbocycles. The lowest BCUT2D eigenvalue weighted by atomic mass is 9.74. The number of unbranched alkanes of at least 4 members (excludes halogenated alkanes) is 1. The van der Waals surface area contributed by atoms with Crippen molar-refractivity contribution < 1.29 is 9.90 Å². The minimum Gasteiger partial charge on any atom is -0.481 e. The third kappa shape index (κ3) is 6.22. The molecule has 0 radical (unpaired) electrons. The van der Waals surface area contributed by atoms with E-state index in [2.05, 4.69) is 41.4 Å². The van der Waals surface area contributed by atoms with Gasteiger partial charge < -0.3 is 5.11 Å². The first-order valence-corrected chi connectivity index (χ1v) is 15.2. The third-order valence-electron chi connectivity index (χ3n) is 8.73. The van der Waals surface area contributed by atoms with Crippen LogP contribution < -0.4 is 5.69 Å². The first-order chi connectivity index (χ1) is 20.4. The van der Waals surface area contributed by atoms with Gasteiger partial charge in [0.05, 0.1) is 24.2 Å². The van der Waals surface area contributed by atoms with Crippen molar-refractivity contribution in [2.45, 2.75) is 84.7 Å². The molecule has 0 amide bonds. The molecule has 3 aromatic heterocycles. The number of imidazole rings is 1. The zero-order valence-electron chi connectivity index (χ0n) is 24.7. The second-order valence-electron chi connectivity index (χ2n) is 11.8. The number of aliphatic carboxylic acids is 1. The number of aromatic amines is 1. The molecule has 1 aliphatic rings. The van der Waals surface area contributed by atoms with Crippen LogP contribution in [0.1, 0.15) is 83.0 Å². The van der Waals surface area contributed by atoms with Crippen molar-refractivity contribution in [1.29, 1.82) is 0 Å². The molecule has 1 aromatic carbocycles. The Morgan fingerprint density at radius 1 is 1.10 bits per heavy atom. The maximum Gasteiger partial charge on any atom is 0.328 e. The van der Waals surface area contributed by atoms with Gasteiger partial charge in [-0.15, -0.1) is 10.2 Å². The van der Waals surface area contributed by atoms with E-state index in [9.17, 15) is 14.7 Å². The highest BCUT2D eigenvalue weighted by atomic mass is 16.4. The summed E-state index contributed by atoms with van der Waals surface area (Å²) in [5, 5.41) is 24.7. The van der Waals surface area contributed by atoms with Crippen molar-refractivity contribution in [3.05, 3.63) is 70.5 Å². The number of hydrogen-bond acceptors (Lipinski definition) is 6. The molecule has 3 unspecified atom stereocenters. The summed E-state index contributed by atoms with van der Waals surface area (Å²) >= 11 is 0. The fraction of sp³-hybridized carbons (Fsp3) is 0.500. The molecule has 10 nitrogen and oxygen atoms in total. The molecule has 2 N–H and O–H groups in total. The number of pyridine rings is 1. The van der Waals surface area contributed by atoms with Crippen LogP contribution in [0.2, 0.25) is 0 Å². The molecule has 10 heteroatoms. The first-order valence-electron chi connectivity index (χ1n) is 15.2. The molecule has 3 heterocycles. The van der Waals surface area contributed by atoms with Gasteiger partial charge in [0, 0.05) is 29.2 Å². The van der Waals surface area contributed by atoms with Gasteiger partial charge in [-0.1, -0.05) is 76.8 Å². The SMILES string of the molecule is CCCCc1cn(C2C(C(=O)O)CCCCCC2C(C)C)c(=O)n1Cc1ccc(-c2ccccc2-c2nn[nH]n2)nc1. The van der Waals surface area contributed by atoms with Crippen LogP contribution in [0.25, 0.3) is 22.6 Å². The van der Waals surface area contributed by atoms with Crippen molar-refractivity contribution in [3.63, 3.8) is 0 Å². The molecular weight excluding hydrogens is 530 g/mol. The molecule has 5 rings (SSSR count). The lowest BCUT2D eigenvalue weighted by Crippen LogP contribution is -2.40. The van der Waals surface area contributed by atoms with Crippen LogP contribution in [0.3, 0.4) is 0 Å². The van der Waals surface area contributed by atoms with E-state index in [1.165, 1.54) is 0 Å². The van der Waals surface area contributed by atoms with E-state index in [4.69, 9.17) is 4.98 Å². The summed E-state index contributed by atoms with van der Waals surface area (Å²) in [7, 11) is 0. The standard InChI is InChI=1S/C32H41N7O3/c1-4-5-11-23-20-39(29-24(21(2)3)12-7-6-8-15-27(29)31(40)41)32(42)38(23)19-22-16-17-28(33-18-22)25-13-9-10-14-26(25)30-34-36-37-35-30/h9-10,13-14,16-18,20-21,24,27,29H,4-8,11-12,15,19H2,1-3H3,(H,40,41)(H,34,35,36,37). The van der Waals surface area contributed by atoms with Gasteiger partial charge in [0.1, 0.15) is 0 Å². The van der Waals surface area contributed by atoms with Crippen molar-refractivity contribution >= 4 is 5.97 Å². The summed E-state index contributed by atoms with van der Waals surface area (Å²) in [5.41, 5.74) is 4.21. The molecule has 1 saturated carbocycles. The minimum atomic E-state index is -0.803. The summed E-state index contributed by atoms with van der Waals surface area (Å²) in [6.45, 7) is 6.82. The van der Waals surface area contributed by atoms with Gasteiger partial charge in [-0.2, -0.15) is 5.21 Å². The number of carboxylic acids is 1. The van der Waals surface area contributed by atoms with Gasteiger partial charge in [-0.25, -0.2) is 4.79 Å². The van der Waals surface area contributed by atoms with E-state index in [1.807, 2.05) is 53.4 Å². The normalized spacial score (nSPS) is 19.5. The second kappa shape index (κ2) is 13.3. The van der Waals surface area contributed by atoms with Crippen LogP contribution in [-0.2, 0) is 17.8 Å². The average molecular weight is 572 g/mol. The Morgan fingerprint density at radius 2 is 1.88 bits per heavy atom. The number of rotatable bonds is 10. The van der Waals surface area contributed by atoms with Gasteiger partial charge >= 0.3 is 11.7 Å². The molecule has 0 aliphatic heterocycles. The number of tetrazole rings is 1. The average Bonchev–Trinajstić information content (AvgIpc) is 3.61. The van der Waals surface area contributed by atoms with Crippen molar-refractivity contribution in [2.75, 3.05) is 0 Å². The van der Waals surface area contributed by atoms with E-state index in [0.717, 1.165) is 73.0 Å². The van der Waals surface area contributed by atoms with Gasteiger partial charge in [-0.3, -0.25) is 18.9 Å². The monoisotopic (exact) mass is 571 g/mol. The highest BCUT2D eigenvalue weighted by Crippen LogP contribution is 2.40. The highest BCUT2D eigenvalue weighted by molar-refractivity contribution is 5.78. The van der Waals surface area contributed by atoms with E-state index < -0.39 is 11.9 Å². The third-order valence-corrected chi connectivity index (χ3v) is 8.73. The highest BCUT2D eigenvalue weighted by Gasteiger charge is 2.39. The van der Waals surface area contributed by atoms with Gasteiger partial charge in [0.15, 0.2) is 0 Å². The molecule has 222 valence electrons. The van der Waals surface area contributed by atoms with Crippen molar-refractivity contribution in [1.82, 2.24) is 34.7 Å². The number of hydrogen-bond donors (Lipinski definition) is 2. The lowest BCUT2D eigenvalue weighted by Gasteiger charge is -2.36. The quantitative estimate of drug-likeness (QED) is 0.247. The Morgan fingerprint density at radius 3 is 2.55 bits per heavy atom. The van der Waals surface area contributed by atoms with Crippen LogP contribution in [0.15, 0.2) is 53.6 Å². The molecular formula is C32H41N7O3. The fourth-order valence-corrected chi connectivity index (χ4v) is 6.48. The zero-order chi connectivity index (χ0) is 29.6. The Kier molecular flexibility index (Phi) is 9.29. The molecule has 0 saturated heterocycles. The number of carbonyl (C=O) groups is 1. The lowest BCUT2D eigenvalue weighted by molar-refractivity contribution is -0.145. The van der Waals surface area contributed by atoms with Crippen LogP contribution in [0, 0.1) is 17.8 Å². The summed E-state index contributed by atoms with van der Waals surface area (Å²) in [6.07, 6.45) is 11.0. The van der Waals surface area contributed by atoms with E-state index in [0.29, 0.717) is 18.8 Å². The molecule has 0 bridgehead atoms. The van der Waals surface area contributed by atoms with Crippen LogP contribution in [0.5, 0.6) is 0 Å². The van der Waals surface area contributed by atoms with E-state index in [-0.39, 0.29) is 23.6 Å². The maximum atomic E-state index is 14.1. The maximum absolute atomic E-state index is 14.1. The van der Waals surface area contributed by atoms with Crippen molar-refractivity contribution in [2.24, 2.45) is 17.8 Å². The first kappa shape index (κ1) is 29.4. The molecule has 4 aromatic rings. The van der Waals surface area contributed by atoms with Crippen LogP contribution >= 0.6 is 0 Å². The predicted octanol–water partition coefficient (Wildman–Crippen LogP) is 5.76. The predicted molar refractivity (Wildman–Crippen MR) is 161 cm³/mol. The van der Waals surface area contributed by atoms with E-state index >= 15 is 0 Å². The number of nitrogens with zero attached hydrogens (tertiary/aromatic N) is 6. The molecule has 0 spiro atoms. The van der Waals surface area contributed by atoms with Gasteiger partial charge in [-0.05, 0) is 54.4 Å². The van der Waals surface area contributed by atoms with Crippen LogP contribution in [0.4, 0.5) is 0 Å². The summed E-state index contributed by atoms with van der Waals surface area (Å²) in [6, 6.07) is 11.4. The number of aromatic nitrogens is 7. The van der Waals surface area contributed by atoms with Crippen LogP contribution in [-0.4, -0.2) is 45.8 Å². The van der Waals surface area contributed by atoms with Crippen molar-refractivity contribution in [3.8, 4) is 22.6 Å². The van der Waals surface area contributed by atoms with E-state index in [1.54, 1.807) is 4.57 Å². The van der Waals surface area contributed by atoms with Gasteiger partial charge in [0.2, 0.25) is 5.82 Å². The smallest absolute Gasteiger partial charge is 0.328 e. The topological polar surface area (TPSA) is 132 Å². The fourth-order valence-electron chi connectivity index (χ4n) is 6.48. The number of aryl methyl sites for hydroxylation is 1. The number of carboxylic acid groups (broad SMARTS) is 1. The minimum absolute atomic E-state index is 0.124. The zero-order valence-corrected chi connectivity index (χ0v) is 24.7. The Hall–Kier alpha value is -4.08. The summed E-state index contributed by atoms with van der Waals surface area (Å²) in [5.74, 6) is -0.484. The molecule has 1 fully saturated rings. The molecule has 42 heavy (non-hydrogen) atoms. The number of nitrogens with one attached hydrogen (secondary N) is 1. The Labute approximate surface area is 246 Å². The second-order valence-corrected chi connectivity index (χ2v) is 11.8. The number of H-pyrrole nitrogens is 1. The number of benzene rings is 1. The summed E-state index contributed by atoms with van der Waals surface area (Å²) in [4.78, 5) is 31.4. The largest absolute Gasteiger partial charge is 0.481 e. The molecule has 3 atom stereocenters. The summed E-state index contributed by atoms with van der Waals surface area (Å²) < 4.78 is 3.61.